The van der Waals surface area contributed by atoms with E-state index in [0.29, 0.717) is 16.8 Å². The Hall–Kier alpha value is -1.62. The van der Waals surface area contributed by atoms with Crippen LogP contribution in [0.3, 0.4) is 0 Å². The lowest BCUT2D eigenvalue weighted by molar-refractivity contribution is 0.454. The zero-order chi connectivity index (χ0) is 12.3. The van der Waals surface area contributed by atoms with Crippen LogP contribution in [0.5, 0.6) is 11.6 Å². The smallest absolute Gasteiger partial charge is 0.227 e. The summed E-state index contributed by atoms with van der Waals surface area (Å²) in [6.45, 7) is 4.79. The van der Waals surface area contributed by atoms with Gasteiger partial charge in [0.15, 0.2) is 5.75 Å². The molecule has 0 atom stereocenters. The lowest BCUT2D eigenvalue weighted by Crippen LogP contribution is -1.96. The molecule has 2 heterocycles. The van der Waals surface area contributed by atoms with Gasteiger partial charge in [-0.1, -0.05) is 18.5 Å². The molecule has 0 spiro atoms. The Balaban J connectivity index is 2.26. The summed E-state index contributed by atoms with van der Waals surface area (Å²) in [4.78, 5) is 8.01. The van der Waals surface area contributed by atoms with E-state index >= 15 is 0 Å². The Morgan fingerprint density at radius 3 is 2.82 bits per heavy atom. The van der Waals surface area contributed by atoms with Crippen LogP contribution >= 0.6 is 11.6 Å². The average molecular weight is 253 g/mol. The van der Waals surface area contributed by atoms with Crippen LogP contribution in [0.1, 0.15) is 19.4 Å². The Kier molecular flexibility index (Phi) is 3.58. The number of hydrogen-bond acceptors (Lipinski definition) is 4. The van der Waals surface area contributed by atoms with Crippen LogP contribution < -0.4 is 4.74 Å². The van der Waals surface area contributed by atoms with Crippen molar-refractivity contribution >= 4 is 11.6 Å². The number of ether oxygens (including phenoxy) is 1. The fourth-order valence-corrected chi connectivity index (χ4v) is 1.70. The number of aromatic nitrogens is 4. The van der Waals surface area contributed by atoms with E-state index in [1.54, 1.807) is 10.9 Å². The Labute approximate surface area is 104 Å². The lowest BCUT2D eigenvalue weighted by atomic mass is 10.2. The van der Waals surface area contributed by atoms with E-state index in [9.17, 15) is 0 Å². The summed E-state index contributed by atoms with van der Waals surface area (Å²) in [5, 5.41) is 4.55. The molecule has 0 saturated carbocycles. The summed E-state index contributed by atoms with van der Waals surface area (Å²) in [6, 6.07) is 0. The van der Waals surface area contributed by atoms with E-state index in [4.69, 9.17) is 16.3 Å². The molecule has 90 valence electrons. The molecule has 0 aliphatic rings. The van der Waals surface area contributed by atoms with Crippen molar-refractivity contribution in [3.05, 3.63) is 29.4 Å². The molecule has 0 unspecified atom stereocenters. The normalized spacial score (nSPS) is 10.5. The van der Waals surface area contributed by atoms with Gasteiger partial charge in [-0.3, -0.25) is 4.68 Å². The van der Waals surface area contributed by atoms with Gasteiger partial charge in [-0.25, -0.2) is 9.97 Å². The minimum atomic E-state index is 0.431. The van der Waals surface area contributed by atoms with Gasteiger partial charge in [-0.05, 0) is 13.3 Å². The second kappa shape index (κ2) is 5.14. The molecular weight excluding hydrogens is 240 g/mol. The SMILES string of the molecule is CCc1c(Cl)ncnc1Oc1cnn(CC)c1. The number of rotatable bonds is 4. The predicted molar refractivity (Wildman–Crippen MR) is 64.4 cm³/mol. The molecule has 0 aliphatic heterocycles. The zero-order valence-corrected chi connectivity index (χ0v) is 10.5. The first-order valence-electron chi connectivity index (χ1n) is 5.44. The molecule has 5 nitrogen and oxygen atoms in total. The Morgan fingerprint density at radius 1 is 1.35 bits per heavy atom. The van der Waals surface area contributed by atoms with Crippen LogP contribution in [-0.4, -0.2) is 19.7 Å². The quantitative estimate of drug-likeness (QED) is 0.785. The maximum absolute atomic E-state index is 5.98. The van der Waals surface area contributed by atoms with Crippen molar-refractivity contribution in [3.8, 4) is 11.6 Å². The van der Waals surface area contributed by atoms with E-state index in [1.807, 2.05) is 20.0 Å². The first-order valence-corrected chi connectivity index (χ1v) is 5.82. The molecule has 0 saturated heterocycles. The Bertz CT molecular complexity index is 512. The largest absolute Gasteiger partial charge is 0.435 e. The van der Waals surface area contributed by atoms with Crippen molar-refractivity contribution in [3.63, 3.8) is 0 Å². The molecule has 0 bridgehead atoms. The first-order chi connectivity index (χ1) is 8.24. The Morgan fingerprint density at radius 2 is 2.18 bits per heavy atom. The molecule has 2 aromatic heterocycles. The molecular formula is C11H13ClN4O. The lowest BCUT2D eigenvalue weighted by Gasteiger charge is -2.07. The van der Waals surface area contributed by atoms with Crippen molar-refractivity contribution < 1.29 is 4.74 Å². The summed E-state index contributed by atoms with van der Waals surface area (Å²) < 4.78 is 7.43. The number of aryl methyl sites for hydroxylation is 1. The van der Waals surface area contributed by atoms with Gasteiger partial charge in [0.2, 0.25) is 5.88 Å². The van der Waals surface area contributed by atoms with Crippen LogP contribution in [0.2, 0.25) is 5.15 Å². The summed E-state index contributed by atoms with van der Waals surface area (Å²) in [5.74, 6) is 1.14. The third-order valence-corrected chi connectivity index (χ3v) is 2.68. The van der Waals surface area contributed by atoms with Crippen LogP contribution in [0.4, 0.5) is 0 Å². The second-order valence-electron chi connectivity index (χ2n) is 3.44. The summed E-state index contributed by atoms with van der Waals surface area (Å²) in [7, 11) is 0. The van der Waals surface area contributed by atoms with Crippen molar-refractivity contribution in [2.45, 2.75) is 26.8 Å². The second-order valence-corrected chi connectivity index (χ2v) is 3.79. The van der Waals surface area contributed by atoms with E-state index in [2.05, 4.69) is 15.1 Å². The molecule has 2 rings (SSSR count). The van der Waals surface area contributed by atoms with Gasteiger partial charge in [-0.15, -0.1) is 0 Å². The minimum absolute atomic E-state index is 0.431. The number of halogens is 1. The highest BCUT2D eigenvalue weighted by Crippen LogP contribution is 2.26. The van der Waals surface area contributed by atoms with Gasteiger partial charge in [0.1, 0.15) is 11.5 Å². The molecule has 0 N–H and O–H groups in total. The van der Waals surface area contributed by atoms with E-state index in [0.717, 1.165) is 18.5 Å². The van der Waals surface area contributed by atoms with Gasteiger partial charge in [-0.2, -0.15) is 5.10 Å². The molecule has 0 aliphatic carbocycles. The van der Waals surface area contributed by atoms with Crippen molar-refractivity contribution in [2.75, 3.05) is 0 Å². The fraction of sp³-hybridized carbons (Fsp3) is 0.364. The molecule has 0 amide bonds. The highest BCUT2D eigenvalue weighted by molar-refractivity contribution is 6.30. The molecule has 6 heteroatoms. The van der Waals surface area contributed by atoms with Gasteiger partial charge in [0.05, 0.1) is 18.0 Å². The molecule has 0 fully saturated rings. The third kappa shape index (κ3) is 2.55. The monoisotopic (exact) mass is 252 g/mol. The number of nitrogens with zero attached hydrogens (tertiary/aromatic N) is 4. The van der Waals surface area contributed by atoms with E-state index < -0.39 is 0 Å². The third-order valence-electron chi connectivity index (χ3n) is 2.35. The van der Waals surface area contributed by atoms with Gasteiger partial charge >= 0.3 is 0 Å². The van der Waals surface area contributed by atoms with E-state index in [1.165, 1.54) is 6.33 Å². The first kappa shape index (κ1) is 11.9. The average Bonchev–Trinajstić information content (AvgIpc) is 2.77. The van der Waals surface area contributed by atoms with Crippen LogP contribution in [-0.2, 0) is 13.0 Å². The fourth-order valence-electron chi connectivity index (χ4n) is 1.44. The standard InChI is InChI=1S/C11H13ClN4O/c1-3-9-10(12)13-7-14-11(9)17-8-5-15-16(4-2)6-8/h5-7H,3-4H2,1-2H3. The molecule has 0 aromatic carbocycles. The van der Waals surface area contributed by atoms with Crippen molar-refractivity contribution in [2.24, 2.45) is 0 Å². The maximum Gasteiger partial charge on any atom is 0.227 e. The van der Waals surface area contributed by atoms with Crippen molar-refractivity contribution in [1.29, 1.82) is 0 Å². The molecule has 0 radical (unpaired) electrons. The van der Waals surface area contributed by atoms with Gasteiger partial charge in [0.25, 0.3) is 0 Å². The highest BCUT2D eigenvalue weighted by Gasteiger charge is 2.10. The van der Waals surface area contributed by atoms with Crippen LogP contribution in [0.25, 0.3) is 0 Å². The van der Waals surface area contributed by atoms with Crippen LogP contribution in [0, 0.1) is 0 Å². The van der Waals surface area contributed by atoms with Gasteiger partial charge in [0, 0.05) is 6.54 Å². The van der Waals surface area contributed by atoms with E-state index in [-0.39, 0.29) is 0 Å². The minimum Gasteiger partial charge on any atom is -0.435 e. The topological polar surface area (TPSA) is 52.8 Å². The van der Waals surface area contributed by atoms with Crippen molar-refractivity contribution in [1.82, 2.24) is 19.7 Å². The predicted octanol–water partition coefficient (Wildman–Crippen LogP) is 2.70. The highest BCUT2D eigenvalue weighted by atomic mass is 35.5. The summed E-state index contributed by atoms with van der Waals surface area (Å²) in [5.41, 5.74) is 0.804. The summed E-state index contributed by atoms with van der Waals surface area (Å²) >= 11 is 5.98. The zero-order valence-electron chi connectivity index (χ0n) is 9.72. The maximum atomic E-state index is 5.98. The number of hydrogen-bond donors (Lipinski definition) is 0. The van der Waals surface area contributed by atoms with Gasteiger partial charge < -0.3 is 4.74 Å². The molecule has 17 heavy (non-hydrogen) atoms. The molecule has 2 aromatic rings. The van der Waals surface area contributed by atoms with Crippen LogP contribution in [0.15, 0.2) is 18.7 Å². The summed E-state index contributed by atoms with van der Waals surface area (Å²) in [6.07, 6.45) is 5.58.